The first-order chi connectivity index (χ1) is 17.7. The number of rotatable bonds is 6. The van der Waals surface area contributed by atoms with Gasteiger partial charge in [0.05, 0.1) is 35.2 Å². The lowest BCUT2D eigenvalue weighted by atomic mass is 9.99. The molecule has 6 rings (SSSR count). The fourth-order valence-electron chi connectivity index (χ4n) is 4.75. The molecule has 2 aromatic heterocycles. The second-order valence-corrected chi connectivity index (χ2v) is 8.98. The van der Waals surface area contributed by atoms with Crippen LogP contribution in [0.25, 0.3) is 22.2 Å². The van der Waals surface area contributed by atoms with Gasteiger partial charge in [-0.25, -0.2) is 9.98 Å². The summed E-state index contributed by atoms with van der Waals surface area (Å²) in [4.78, 5) is 29.2. The molecule has 0 saturated carbocycles. The van der Waals surface area contributed by atoms with E-state index in [4.69, 9.17) is 4.99 Å². The number of amides is 1. The molecule has 5 aromatic rings. The number of hydrogen-bond donors (Lipinski definition) is 3. The number of carbonyl (C=O) groups is 1. The Labute approximate surface area is 208 Å². The zero-order chi connectivity index (χ0) is 24.5. The van der Waals surface area contributed by atoms with E-state index in [1.807, 2.05) is 77.7 Å². The summed E-state index contributed by atoms with van der Waals surface area (Å²) >= 11 is 0. The van der Waals surface area contributed by atoms with Gasteiger partial charge in [-0.1, -0.05) is 54.6 Å². The SMILES string of the molecule is O=C1CCCN1Cc1ccc(C(=Nc2ccc(-c3cnc[nH]3)cc2)c2c(O)[nH]c3ccccc23)cc1. The first-order valence-electron chi connectivity index (χ1n) is 12.0. The summed E-state index contributed by atoms with van der Waals surface area (Å²) in [5.74, 6) is 0.291. The Morgan fingerprint density at radius 3 is 2.56 bits per heavy atom. The Hall–Kier alpha value is -4.65. The third-order valence-corrected chi connectivity index (χ3v) is 6.61. The quantitative estimate of drug-likeness (QED) is 0.281. The number of carbonyl (C=O) groups excluding carboxylic acids is 1. The fourth-order valence-corrected chi connectivity index (χ4v) is 4.75. The molecular formula is C29H25N5O2. The number of imidazole rings is 1. The molecule has 1 fully saturated rings. The van der Waals surface area contributed by atoms with Crippen LogP contribution in [0.2, 0.25) is 0 Å². The minimum atomic E-state index is 0.0794. The van der Waals surface area contributed by atoms with Crippen molar-refractivity contribution in [3.8, 4) is 17.1 Å². The number of H-pyrrole nitrogens is 2. The summed E-state index contributed by atoms with van der Waals surface area (Å²) in [7, 11) is 0. The van der Waals surface area contributed by atoms with Crippen LogP contribution in [0.4, 0.5) is 5.69 Å². The van der Waals surface area contributed by atoms with E-state index in [-0.39, 0.29) is 11.8 Å². The van der Waals surface area contributed by atoms with E-state index in [2.05, 4.69) is 15.0 Å². The van der Waals surface area contributed by atoms with Gasteiger partial charge < -0.3 is 20.0 Å². The second kappa shape index (κ2) is 9.19. The first kappa shape index (κ1) is 21.9. The minimum Gasteiger partial charge on any atom is -0.494 e. The Bertz CT molecular complexity index is 1550. The monoisotopic (exact) mass is 475 g/mol. The summed E-state index contributed by atoms with van der Waals surface area (Å²) in [6.45, 7) is 1.42. The van der Waals surface area contributed by atoms with Crippen molar-refractivity contribution in [2.45, 2.75) is 19.4 Å². The minimum absolute atomic E-state index is 0.0794. The number of fused-ring (bicyclic) bond motifs is 1. The topological polar surface area (TPSA) is 97.4 Å². The number of aliphatic imine (C=N–C) groups is 1. The average molecular weight is 476 g/mol. The van der Waals surface area contributed by atoms with Gasteiger partial charge in [0.2, 0.25) is 5.91 Å². The number of aromatic nitrogens is 3. The maximum atomic E-state index is 12.0. The van der Waals surface area contributed by atoms with E-state index >= 15 is 0 Å². The van der Waals surface area contributed by atoms with Crippen molar-refractivity contribution in [2.24, 2.45) is 4.99 Å². The smallest absolute Gasteiger partial charge is 0.222 e. The normalized spacial score (nSPS) is 14.2. The van der Waals surface area contributed by atoms with Crippen molar-refractivity contribution in [1.29, 1.82) is 0 Å². The van der Waals surface area contributed by atoms with Gasteiger partial charge in [0.25, 0.3) is 0 Å². The molecule has 0 radical (unpaired) electrons. The molecule has 36 heavy (non-hydrogen) atoms. The molecule has 0 spiro atoms. The van der Waals surface area contributed by atoms with Gasteiger partial charge in [-0.2, -0.15) is 0 Å². The van der Waals surface area contributed by atoms with Crippen LogP contribution in [-0.4, -0.2) is 43.1 Å². The van der Waals surface area contributed by atoms with Gasteiger partial charge in [-0.15, -0.1) is 0 Å². The summed E-state index contributed by atoms with van der Waals surface area (Å²) < 4.78 is 0. The molecule has 1 amide bonds. The number of aromatic hydroxyl groups is 1. The molecular weight excluding hydrogens is 450 g/mol. The molecule has 1 aliphatic heterocycles. The van der Waals surface area contributed by atoms with Crippen LogP contribution < -0.4 is 0 Å². The molecule has 0 bridgehead atoms. The Morgan fingerprint density at radius 1 is 1.03 bits per heavy atom. The van der Waals surface area contributed by atoms with Crippen molar-refractivity contribution >= 4 is 28.2 Å². The predicted octanol–water partition coefficient (Wildman–Crippen LogP) is 5.56. The number of nitrogens with one attached hydrogen (secondary N) is 2. The molecule has 3 N–H and O–H groups in total. The maximum Gasteiger partial charge on any atom is 0.222 e. The van der Waals surface area contributed by atoms with Crippen LogP contribution in [-0.2, 0) is 11.3 Å². The highest BCUT2D eigenvalue weighted by Crippen LogP contribution is 2.32. The lowest BCUT2D eigenvalue weighted by Gasteiger charge is -2.16. The highest BCUT2D eigenvalue weighted by Gasteiger charge is 2.21. The van der Waals surface area contributed by atoms with E-state index < -0.39 is 0 Å². The summed E-state index contributed by atoms with van der Waals surface area (Å²) in [5, 5.41) is 11.8. The molecule has 0 unspecified atom stereocenters. The van der Waals surface area contributed by atoms with Crippen molar-refractivity contribution in [2.75, 3.05) is 6.54 Å². The standard InChI is InChI=1S/C29H25N5O2/c35-26-6-3-15-34(26)17-19-7-9-21(10-8-19)28(27-23-4-1-2-5-24(23)33-29(27)36)32-22-13-11-20(12-14-22)25-16-30-18-31-25/h1-2,4-5,7-14,16,18,33,36H,3,6,15,17H2,(H,30,31). The Balaban J connectivity index is 1.40. The van der Waals surface area contributed by atoms with E-state index in [0.717, 1.165) is 51.9 Å². The molecule has 0 aliphatic carbocycles. The first-order valence-corrected chi connectivity index (χ1v) is 12.0. The zero-order valence-electron chi connectivity index (χ0n) is 19.6. The van der Waals surface area contributed by atoms with Crippen LogP contribution in [0.15, 0.2) is 90.3 Å². The number of hydrogen-bond acceptors (Lipinski definition) is 4. The maximum absolute atomic E-state index is 12.0. The van der Waals surface area contributed by atoms with Gasteiger partial charge in [-0.05, 0) is 35.7 Å². The highest BCUT2D eigenvalue weighted by atomic mass is 16.3. The van der Waals surface area contributed by atoms with E-state index in [1.165, 1.54) is 0 Å². The van der Waals surface area contributed by atoms with Gasteiger partial charge in [0.1, 0.15) is 0 Å². The third-order valence-electron chi connectivity index (χ3n) is 6.61. The molecule has 3 aromatic carbocycles. The van der Waals surface area contributed by atoms with E-state index in [1.54, 1.807) is 12.5 Å². The molecule has 7 nitrogen and oxygen atoms in total. The number of likely N-dealkylation sites (tertiary alicyclic amines) is 1. The van der Waals surface area contributed by atoms with Crippen molar-refractivity contribution in [1.82, 2.24) is 19.9 Å². The molecule has 0 atom stereocenters. The lowest BCUT2D eigenvalue weighted by Crippen LogP contribution is -2.23. The van der Waals surface area contributed by atoms with E-state index in [0.29, 0.717) is 24.2 Å². The Kier molecular flexibility index (Phi) is 5.58. The lowest BCUT2D eigenvalue weighted by molar-refractivity contribution is -0.128. The van der Waals surface area contributed by atoms with E-state index in [9.17, 15) is 9.90 Å². The second-order valence-electron chi connectivity index (χ2n) is 8.98. The molecule has 1 aliphatic rings. The van der Waals surface area contributed by atoms with Crippen LogP contribution >= 0.6 is 0 Å². The fraction of sp³-hybridized carbons (Fsp3) is 0.138. The molecule has 7 heteroatoms. The summed E-state index contributed by atoms with van der Waals surface area (Å²) in [5.41, 5.74) is 6.84. The van der Waals surface area contributed by atoms with Gasteiger partial charge in [0.15, 0.2) is 5.88 Å². The molecule has 1 saturated heterocycles. The largest absolute Gasteiger partial charge is 0.494 e. The van der Waals surface area contributed by atoms with Crippen LogP contribution in [0, 0.1) is 0 Å². The molecule has 178 valence electrons. The van der Waals surface area contributed by atoms with Crippen molar-refractivity contribution in [3.05, 3.63) is 102 Å². The molecule has 3 heterocycles. The number of aromatic amines is 2. The number of para-hydroxylation sites is 1. The van der Waals surface area contributed by atoms with Crippen molar-refractivity contribution in [3.63, 3.8) is 0 Å². The van der Waals surface area contributed by atoms with Crippen molar-refractivity contribution < 1.29 is 9.90 Å². The zero-order valence-corrected chi connectivity index (χ0v) is 19.6. The summed E-state index contributed by atoms with van der Waals surface area (Å²) in [6.07, 6.45) is 4.99. The number of benzene rings is 3. The van der Waals surface area contributed by atoms with Gasteiger partial charge in [-0.3, -0.25) is 4.79 Å². The highest BCUT2D eigenvalue weighted by molar-refractivity contribution is 6.21. The van der Waals surface area contributed by atoms with Crippen LogP contribution in [0.3, 0.4) is 0 Å². The van der Waals surface area contributed by atoms with Gasteiger partial charge in [0, 0.05) is 36.0 Å². The van der Waals surface area contributed by atoms with Crippen LogP contribution in [0.1, 0.15) is 29.5 Å². The predicted molar refractivity (Wildman–Crippen MR) is 140 cm³/mol. The number of nitrogens with zero attached hydrogens (tertiary/aromatic N) is 3. The third kappa shape index (κ3) is 4.15. The van der Waals surface area contributed by atoms with Gasteiger partial charge >= 0.3 is 0 Å². The summed E-state index contributed by atoms with van der Waals surface area (Å²) in [6, 6.07) is 23.8. The Morgan fingerprint density at radius 2 is 1.83 bits per heavy atom. The average Bonchev–Trinajstić information content (AvgIpc) is 3.64. The van der Waals surface area contributed by atoms with Crippen LogP contribution in [0.5, 0.6) is 5.88 Å².